The Morgan fingerprint density at radius 1 is 1.18 bits per heavy atom. The highest BCUT2D eigenvalue weighted by atomic mass is 19.1. The van der Waals surface area contributed by atoms with Crippen LogP contribution in [-0.2, 0) is 0 Å². The zero-order chi connectivity index (χ0) is 19.7. The summed E-state index contributed by atoms with van der Waals surface area (Å²) >= 11 is 0. The first-order valence-corrected chi connectivity index (χ1v) is 9.23. The van der Waals surface area contributed by atoms with Crippen LogP contribution in [0.4, 0.5) is 4.39 Å². The fraction of sp³-hybridized carbons (Fsp3) is 0.227. The van der Waals surface area contributed by atoms with E-state index in [0.29, 0.717) is 30.9 Å². The zero-order valence-electron chi connectivity index (χ0n) is 15.5. The number of aromatic nitrogens is 2. The third-order valence-corrected chi connectivity index (χ3v) is 5.18. The first-order chi connectivity index (χ1) is 13.5. The molecule has 2 aromatic carbocycles. The second-order valence-electron chi connectivity index (χ2n) is 7.10. The van der Waals surface area contributed by atoms with Crippen molar-refractivity contribution >= 4 is 5.91 Å². The van der Waals surface area contributed by atoms with Crippen LogP contribution in [-0.4, -0.2) is 33.9 Å². The van der Waals surface area contributed by atoms with Gasteiger partial charge in [-0.15, -0.1) is 0 Å². The van der Waals surface area contributed by atoms with Crippen molar-refractivity contribution in [3.8, 4) is 11.4 Å². The Hall–Kier alpha value is -3.28. The van der Waals surface area contributed by atoms with Crippen LogP contribution in [0, 0.1) is 12.7 Å². The predicted octanol–water partition coefficient (Wildman–Crippen LogP) is 3.51. The van der Waals surface area contributed by atoms with Gasteiger partial charge in [-0.05, 0) is 25.0 Å². The molecule has 1 aromatic heterocycles. The average molecular weight is 377 g/mol. The molecule has 6 heteroatoms. The Balaban J connectivity index is 1.53. The highest BCUT2D eigenvalue weighted by Crippen LogP contribution is 2.29. The fourth-order valence-corrected chi connectivity index (χ4v) is 3.58. The van der Waals surface area contributed by atoms with Crippen LogP contribution in [0.1, 0.15) is 33.8 Å². The van der Waals surface area contributed by atoms with Crippen LogP contribution >= 0.6 is 0 Å². The lowest BCUT2D eigenvalue weighted by atomic mass is 9.98. The molecule has 1 unspecified atom stereocenters. The molecule has 0 saturated carbocycles. The van der Waals surface area contributed by atoms with Gasteiger partial charge in [0.2, 0.25) is 0 Å². The summed E-state index contributed by atoms with van der Waals surface area (Å²) in [4.78, 5) is 33.8. The third-order valence-electron chi connectivity index (χ3n) is 5.18. The van der Waals surface area contributed by atoms with E-state index in [9.17, 15) is 14.0 Å². The molecule has 0 radical (unpaired) electrons. The van der Waals surface area contributed by atoms with Gasteiger partial charge in [0.25, 0.3) is 11.5 Å². The zero-order valence-corrected chi connectivity index (χ0v) is 15.5. The number of H-pyrrole nitrogens is 1. The van der Waals surface area contributed by atoms with Gasteiger partial charge in [0, 0.05) is 30.8 Å². The minimum atomic E-state index is -0.468. The number of aromatic amines is 1. The van der Waals surface area contributed by atoms with E-state index in [0.717, 1.165) is 11.1 Å². The first kappa shape index (κ1) is 18.1. The number of hydrogen-bond donors (Lipinski definition) is 1. The molecule has 0 aliphatic carbocycles. The minimum Gasteiger partial charge on any atom is -0.338 e. The van der Waals surface area contributed by atoms with E-state index in [4.69, 9.17) is 0 Å². The maximum absolute atomic E-state index is 14.0. The van der Waals surface area contributed by atoms with Gasteiger partial charge in [-0.1, -0.05) is 48.0 Å². The maximum atomic E-state index is 14.0. The Morgan fingerprint density at radius 3 is 2.64 bits per heavy atom. The fourth-order valence-electron chi connectivity index (χ4n) is 3.58. The van der Waals surface area contributed by atoms with Gasteiger partial charge in [0.1, 0.15) is 17.2 Å². The highest BCUT2D eigenvalue weighted by Gasteiger charge is 2.30. The number of halogens is 1. The number of hydrogen-bond acceptors (Lipinski definition) is 3. The van der Waals surface area contributed by atoms with E-state index < -0.39 is 5.56 Å². The molecule has 142 valence electrons. The number of aryl methyl sites for hydroxylation is 1. The number of amides is 1. The van der Waals surface area contributed by atoms with Gasteiger partial charge >= 0.3 is 0 Å². The van der Waals surface area contributed by atoms with Crippen molar-refractivity contribution in [3.05, 3.63) is 87.6 Å². The summed E-state index contributed by atoms with van der Waals surface area (Å²) < 4.78 is 14.0. The number of carbonyl (C=O) groups excluding carboxylic acids is 1. The van der Waals surface area contributed by atoms with Crippen molar-refractivity contribution in [2.24, 2.45) is 0 Å². The van der Waals surface area contributed by atoms with Crippen molar-refractivity contribution in [2.75, 3.05) is 13.1 Å². The smallest absolute Gasteiger partial charge is 0.264 e. The summed E-state index contributed by atoms with van der Waals surface area (Å²) in [5.74, 6) is -0.275. The van der Waals surface area contributed by atoms with Gasteiger partial charge in [0.15, 0.2) is 0 Å². The summed E-state index contributed by atoms with van der Waals surface area (Å²) in [6.45, 7) is 2.85. The van der Waals surface area contributed by atoms with E-state index >= 15 is 0 Å². The normalized spacial score (nSPS) is 16.4. The molecule has 1 aliphatic rings. The summed E-state index contributed by atoms with van der Waals surface area (Å²) in [6.07, 6.45) is 1.99. The molecule has 1 fully saturated rings. The second-order valence-corrected chi connectivity index (χ2v) is 7.10. The molecular weight excluding hydrogens is 357 g/mol. The molecule has 1 aliphatic heterocycles. The molecular formula is C22H20FN3O2. The van der Waals surface area contributed by atoms with Crippen molar-refractivity contribution < 1.29 is 9.18 Å². The number of nitrogens with zero attached hydrogens (tertiary/aromatic N) is 2. The quantitative estimate of drug-likeness (QED) is 0.760. The van der Waals surface area contributed by atoms with Crippen LogP contribution in [0.3, 0.4) is 0 Å². The third kappa shape index (κ3) is 3.45. The monoisotopic (exact) mass is 377 g/mol. The van der Waals surface area contributed by atoms with E-state index in [1.807, 2.05) is 31.2 Å². The molecule has 2 heterocycles. The van der Waals surface area contributed by atoms with Crippen molar-refractivity contribution in [1.82, 2.24) is 14.9 Å². The number of likely N-dealkylation sites (tertiary alicyclic amines) is 1. The second kappa shape index (κ2) is 7.38. The van der Waals surface area contributed by atoms with Gasteiger partial charge in [-0.3, -0.25) is 9.59 Å². The Labute approximate surface area is 161 Å². The van der Waals surface area contributed by atoms with Crippen LogP contribution in [0.5, 0.6) is 0 Å². The van der Waals surface area contributed by atoms with Crippen LogP contribution in [0.25, 0.3) is 11.4 Å². The van der Waals surface area contributed by atoms with Crippen LogP contribution in [0.2, 0.25) is 0 Å². The maximum Gasteiger partial charge on any atom is 0.264 e. The lowest BCUT2D eigenvalue weighted by Crippen LogP contribution is -2.33. The van der Waals surface area contributed by atoms with E-state index in [-0.39, 0.29) is 23.2 Å². The van der Waals surface area contributed by atoms with Crippen LogP contribution in [0.15, 0.2) is 59.5 Å². The van der Waals surface area contributed by atoms with E-state index in [2.05, 4.69) is 9.97 Å². The average Bonchev–Trinajstić information content (AvgIpc) is 3.18. The number of carbonyl (C=O) groups is 1. The van der Waals surface area contributed by atoms with Gasteiger partial charge in [0.05, 0.1) is 0 Å². The lowest BCUT2D eigenvalue weighted by molar-refractivity contribution is 0.0788. The number of benzene rings is 2. The molecule has 3 aromatic rings. The first-order valence-electron chi connectivity index (χ1n) is 9.23. The SMILES string of the molecule is Cc1ccc(-c2ncc(C(=O)N3CCC(c4ccccc4F)C3)c(=O)[nH]2)cc1. The van der Waals surface area contributed by atoms with Crippen LogP contribution < -0.4 is 5.56 Å². The summed E-state index contributed by atoms with van der Waals surface area (Å²) in [6, 6.07) is 14.2. The highest BCUT2D eigenvalue weighted by molar-refractivity contribution is 5.94. The predicted molar refractivity (Wildman–Crippen MR) is 105 cm³/mol. The number of nitrogens with one attached hydrogen (secondary N) is 1. The molecule has 5 nitrogen and oxygen atoms in total. The number of rotatable bonds is 3. The molecule has 4 rings (SSSR count). The lowest BCUT2D eigenvalue weighted by Gasteiger charge is -2.16. The molecule has 0 bridgehead atoms. The molecule has 1 saturated heterocycles. The largest absolute Gasteiger partial charge is 0.338 e. The van der Waals surface area contributed by atoms with Gasteiger partial charge in [-0.2, -0.15) is 0 Å². The van der Waals surface area contributed by atoms with Gasteiger partial charge < -0.3 is 9.88 Å². The Morgan fingerprint density at radius 2 is 1.93 bits per heavy atom. The standard InChI is InChI=1S/C22H20FN3O2/c1-14-6-8-15(9-7-14)20-24-12-18(21(27)25-20)22(28)26-11-10-16(13-26)17-4-2-3-5-19(17)23/h2-9,12,16H,10-11,13H2,1H3,(H,24,25,27). The van der Waals surface area contributed by atoms with E-state index in [1.165, 1.54) is 12.3 Å². The molecule has 0 spiro atoms. The Kier molecular flexibility index (Phi) is 4.77. The van der Waals surface area contributed by atoms with E-state index in [1.54, 1.807) is 23.1 Å². The summed E-state index contributed by atoms with van der Waals surface area (Å²) in [7, 11) is 0. The summed E-state index contributed by atoms with van der Waals surface area (Å²) in [5, 5.41) is 0. The summed E-state index contributed by atoms with van der Waals surface area (Å²) in [5.41, 5.74) is 2.04. The molecule has 28 heavy (non-hydrogen) atoms. The molecule has 1 amide bonds. The van der Waals surface area contributed by atoms with Crippen molar-refractivity contribution in [3.63, 3.8) is 0 Å². The molecule has 1 atom stereocenters. The van der Waals surface area contributed by atoms with Gasteiger partial charge in [-0.25, -0.2) is 9.37 Å². The topological polar surface area (TPSA) is 66.1 Å². The Bertz CT molecular complexity index is 1080. The van der Waals surface area contributed by atoms with Crippen molar-refractivity contribution in [1.29, 1.82) is 0 Å². The minimum absolute atomic E-state index is 0.00467. The van der Waals surface area contributed by atoms with Crippen molar-refractivity contribution in [2.45, 2.75) is 19.3 Å². The molecule has 1 N–H and O–H groups in total.